The summed E-state index contributed by atoms with van der Waals surface area (Å²) in [7, 11) is 0. The molecule has 2 rings (SSSR count). The van der Waals surface area contributed by atoms with Crippen molar-refractivity contribution >= 4 is 34.1 Å². The summed E-state index contributed by atoms with van der Waals surface area (Å²) < 4.78 is 0. The standard InChI is InChI=1S/C15H19N3OS2/c1-3-11(4-2)14(19)16-15-18-17-13(21-15)10-20-12-8-6-5-7-9-12/h5-9,11H,3-4,10H2,1-2H3,(H,16,18,19). The topological polar surface area (TPSA) is 54.9 Å². The molecule has 0 unspecified atom stereocenters. The minimum atomic E-state index is 0.0402. The predicted octanol–water partition coefficient (Wildman–Crippen LogP) is 4.21. The van der Waals surface area contributed by atoms with Gasteiger partial charge in [-0.2, -0.15) is 0 Å². The smallest absolute Gasteiger partial charge is 0.229 e. The van der Waals surface area contributed by atoms with Crippen LogP contribution in [-0.4, -0.2) is 16.1 Å². The average Bonchev–Trinajstić information content (AvgIpc) is 2.95. The maximum atomic E-state index is 12.0. The van der Waals surface area contributed by atoms with E-state index in [4.69, 9.17) is 0 Å². The van der Waals surface area contributed by atoms with Crippen LogP contribution >= 0.6 is 23.1 Å². The number of rotatable bonds is 7. The van der Waals surface area contributed by atoms with Crippen molar-refractivity contribution in [2.45, 2.75) is 37.3 Å². The van der Waals surface area contributed by atoms with E-state index in [1.807, 2.05) is 32.0 Å². The largest absolute Gasteiger partial charge is 0.300 e. The van der Waals surface area contributed by atoms with E-state index >= 15 is 0 Å². The van der Waals surface area contributed by atoms with Gasteiger partial charge in [0, 0.05) is 10.8 Å². The Morgan fingerprint density at radius 1 is 1.24 bits per heavy atom. The zero-order valence-electron chi connectivity index (χ0n) is 12.2. The first-order valence-electron chi connectivity index (χ1n) is 7.04. The zero-order valence-corrected chi connectivity index (χ0v) is 13.8. The lowest BCUT2D eigenvalue weighted by Crippen LogP contribution is -2.21. The first-order valence-corrected chi connectivity index (χ1v) is 8.84. The molecule has 1 aromatic heterocycles. The molecule has 0 radical (unpaired) electrons. The molecule has 0 atom stereocenters. The Bertz CT molecular complexity index is 567. The first kappa shape index (κ1) is 16.0. The van der Waals surface area contributed by atoms with Crippen molar-refractivity contribution in [2.75, 3.05) is 5.32 Å². The third-order valence-electron chi connectivity index (χ3n) is 3.16. The molecule has 0 fully saturated rings. The summed E-state index contributed by atoms with van der Waals surface area (Å²) in [6.45, 7) is 4.05. The summed E-state index contributed by atoms with van der Waals surface area (Å²) >= 11 is 3.16. The van der Waals surface area contributed by atoms with Crippen LogP contribution in [0.3, 0.4) is 0 Å². The molecule has 4 nitrogen and oxygen atoms in total. The van der Waals surface area contributed by atoms with Gasteiger partial charge in [-0.25, -0.2) is 0 Å². The van der Waals surface area contributed by atoms with Gasteiger partial charge in [0.1, 0.15) is 5.01 Å². The zero-order chi connectivity index (χ0) is 15.1. The highest BCUT2D eigenvalue weighted by Gasteiger charge is 2.16. The number of amides is 1. The number of thioether (sulfide) groups is 1. The van der Waals surface area contributed by atoms with E-state index in [-0.39, 0.29) is 11.8 Å². The van der Waals surface area contributed by atoms with Gasteiger partial charge in [0.2, 0.25) is 11.0 Å². The van der Waals surface area contributed by atoms with Gasteiger partial charge in [0.05, 0.1) is 5.75 Å². The number of aromatic nitrogens is 2. The monoisotopic (exact) mass is 321 g/mol. The third-order valence-corrected chi connectivity index (χ3v) is 5.20. The van der Waals surface area contributed by atoms with E-state index in [0.717, 1.165) is 23.6 Å². The van der Waals surface area contributed by atoms with Crippen LogP contribution in [0.1, 0.15) is 31.7 Å². The maximum absolute atomic E-state index is 12.0. The van der Waals surface area contributed by atoms with Crippen molar-refractivity contribution in [2.24, 2.45) is 5.92 Å². The van der Waals surface area contributed by atoms with Gasteiger partial charge in [-0.05, 0) is 25.0 Å². The van der Waals surface area contributed by atoms with Crippen LogP contribution in [-0.2, 0) is 10.5 Å². The summed E-state index contributed by atoms with van der Waals surface area (Å²) in [4.78, 5) is 13.2. The van der Waals surface area contributed by atoms with E-state index in [1.54, 1.807) is 11.8 Å². The molecule has 0 aliphatic rings. The number of carbonyl (C=O) groups is 1. The van der Waals surface area contributed by atoms with Gasteiger partial charge in [0.25, 0.3) is 0 Å². The van der Waals surface area contributed by atoms with Crippen LogP contribution in [0.15, 0.2) is 35.2 Å². The van der Waals surface area contributed by atoms with Crippen molar-refractivity contribution in [1.82, 2.24) is 10.2 Å². The second kappa shape index (κ2) is 8.14. The molecule has 1 N–H and O–H groups in total. The van der Waals surface area contributed by atoms with Crippen molar-refractivity contribution in [1.29, 1.82) is 0 Å². The Kier molecular flexibility index (Phi) is 6.20. The maximum Gasteiger partial charge on any atom is 0.229 e. The molecule has 0 aliphatic carbocycles. The highest BCUT2D eigenvalue weighted by molar-refractivity contribution is 7.98. The Balaban J connectivity index is 1.88. The van der Waals surface area contributed by atoms with Crippen LogP contribution in [0, 0.1) is 5.92 Å². The molecule has 1 aromatic carbocycles. The molecule has 0 bridgehead atoms. The van der Waals surface area contributed by atoms with Crippen LogP contribution in [0.5, 0.6) is 0 Å². The average molecular weight is 321 g/mol. The van der Waals surface area contributed by atoms with Crippen molar-refractivity contribution in [3.63, 3.8) is 0 Å². The molecule has 1 amide bonds. The summed E-state index contributed by atoms with van der Waals surface area (Å²) in [6.07, 6.45) is 1.69. The highest BCUT2D eigenvalue weighted by Crippen LogP contribution is 2.26. The van der Waals surface area contributed by atoms with E-state index in [0.29, 0.717) is 5.13 Å². The molecule has 0 saturated carbocycles. The van der Waals surface area contributed by atoms with Crippen molar-refractivity contribution in [3.05, 3.63) is 35.3 Å². The SMILES string of the molecule is CCC(CC)C(=O)Nc1nnc(CSc2ccccc2)s1. The highest BCUT2D eigenvalue weighted by atomic mass is 32.2. The number of nitrogens with zero attached hydrogens (tertiary/aromatic N) is 2. The van der Waals surface area contributed by atoms with Gasteiger partial charge < -0.3 is 5.32 Å². The van der Waals surface area contributed by atoms with Crippen LogP contribution in [0.2, 0.25) is 0 Å². The van der Waals surface area contributed by atoms with E-state index in [1.165, 1.54) is 16.2 Å². The van der Waals surface area contributed by atoms with Gasteiger partial charge in [-0.1, -0.05) is 43.4 Å². The lowest BCUT2D eigenvalue weighted by molar-refractivity contribution is -0.120. The predicted molar refractivity (Wildman–Crippen MR) is 88.6 cm³/mol. The van der Waals surface area contributed by atoms with Crippen molar-refractivity contribution in [3.8, 4) is 0 Å². The fraction of sp³-hybridized carbons (Fsp3) is 0.400. The molecule has 1 heterocycles. The number of anilines is 1. The molecular weight excluding hydrogens is 302 g/mol. The number of hydrogen-bond acceptors (Lipinski definition) is 5. The van der Waals surface area contributed by atoms with Gasteiger partial charge in [-0.3, -0.25) is 4.79 Å². The Morgan fingerprint density at radius 3 is 2.62 bits per heavy atom. The van der Waals surface area contributed by atoms with Crippen LogP contribution in [0.4, 0.5) is 5.13 Å². The third kappa shape index (κ3) is 4.82. The fourth-order valence-corrected chi connectivity index (χ4v) is 3.54. The molecule has 21 heavy (non-hydrogen) atoms. The summed E-state index contributed by atoms with van der Waals surface area (Å²) in [5, 5.41) is 12.5. The van der Waals surface area contributed by atoms with Crippen LogP contribution in [0.25, 0.3) is 0 Å². The fourth-order valence-electron chi connectivity index (χ4n) is 1.89. The van der Waals surface area contributed by atoms with E-state index < -0.39 is 0 Å². The number of hydrogen-bond donors (Lipinski definition) is 1. The molecule has 0 aliphatic heterocycles. The molecule has 6 heteroatoms. The number of nitrogens with one attached hydrogen (secondary N) is 1. The molecule has 0 spiro atoms. The minimum absolute atomic E-state index is 0.0402. The second-order valence-corrected chi connectivity index (χ2v) is 6.72. The Labute approximate surface area is 133 Å². The number of benzene rings is 1. The quantitative estimate of drug-likeness (QED) is 0.776. The molecule has 2 aromatic rings. The van der Waals surface area contributed by atoms with E-state index in [2.05, 4.69) is 27.6 Å². The second-order valence-electron chi connectivity index (χ2n) is 4.61. The lowest BCUT2D eigenvalue weighted by atomic mass is 10.0. The normalized spacial score (nSPS) is 10.8. The Hall–Kier alpha value is -1.40. The summed E-state index contributed by atoms with van der Waals surface area (Å²) in [6, 6.07) is 10.2. The minimum Gasteiger partial charge on any atom is -0.300 e. The van der Waals surface area contributed by atoms with Gasteiger partial charge >= 0.3 is 0 Å². The first-order chi connectivity index (χ1) is 10.2. The van der Waals surface area contributed by atoms with E-state index in [9.17, 15) is 4.79 Å². The lowest BCUT2D eigenvalue weighted by Gasteiger charge is -2.09. The summed E-state index contributed by atoms with van der Waals surface area (Å²) in [5.74, 6) is 0.858. The van der Waals surface area contributed by atoms with Gasteiger partial charge in [-0.15, -0.1) is 22.0 Å². The molecule has 112 valence electrons. The Morgan fingerprint density at radius 2 is 1.95 bits per heavy atom. The molecular formula is C15H19N3OS2. The van der Waals surface area contributed by atoms with Crippen molar-refractivity contribution < 1.29 is 4.79 Å². The molecule has 0 saturated heterocycles. The van der Waals surface area contributed by atoms with Crippen LogP contribution < -0.4 is 5.32 Å². The van der Waals surface area contributed by atoms with Gasteiger partial charge in [0.15, 0.2) is 0 Å². The number of carbonyl (C=O) groups excluding carboxylic acids is 1. The summed E-state index contributed by atoms with van der Waals surface area (Å²) in [5.41, 5.74) is 0.